The number of nitro benzene ring substituents is 1. The van der Waals surface area contributed by atoms with Gasteiger partial charge in [0.15, 0.2) is 17.2 Å². The third-order valence-corrected chi connectivity index (χ3v) is 5.03. The molecule has 0 unspecified atom stereocenters. The van der Waals surface area contributed by atoms with E-state index in [2.05, 4.69) is 4.99 Å². The number of hydrogen-bond donors (Lipinski definition) is 0. The number of aliphatic imine (C=N–C) groups is 1. The Morgan fingerprint density at radius 2 is 1.74 bits per heavy atom. The van der Waals surface area contributed by atoms with Gasteiger partial charge >= 0.3 is 5.97 Å². The molecule has 4 rings (SSSR count). The van der Waals surface area contributed by atoms with Crippen LogP contribution < -0.4 is 9.47 Å². The van der Waals surface area contributed by atoms with Crippen molar-refractivity contribution >= 4 is 23.6 Å². The Labute approximate surface area is 196 Å². The molecular formula is C26H22N2O6. The van der Waals surface area contributed by atoms with Crippen LogP contribution in [-0.4, -0.2) is 23.4 Å². The normalized spacial score (nSPS) is 14.0. The first-order valence-corrected chi connectivity index (χ1v) is 10.7. The van der Waals surface area contributed by atoms with Crippen molar-refractivity contribution in [2.24, 2.45) is 4.99 Å². The number of benzene rings is 3. The van der Waals surface area contributed by atoms with Crippen LogP contribution in [-0.2, 0) is 16.1 Å². The number of carbonyl (C=O) groups is 1. The lowest BCUT2D eigenvalue weighted by molar-refractivity contribution is -0.384. The Hall–Kier alpha value is -4.46. The summed E-state index contributed by atoms with van der Waals surface area (Å²) in [4.78, 5) is 27.0. The van der Waals surface area contributed by atoms with E-state index in [1.807, 2.05) is 38.1 Å². The first-order chi connectivity index (χ1) is 16.4. The molecule has 8 nitrogen and oxygen atoms in total. The fraction of sp³-hybridized carbons (Fsp3) is 0.154. The third-order valence-electron chi connectivity index (χ3n) is 5.03. The van der Waals surface area contributed by atoms with Gasteiger partial charge in [-0.1, -0.05) is 23.8 Å². The molecule has 0 radical (unpaired) electrons. The quantitative estimate of drug-likeness (QED) is 0.198. The lowest BCUT2D eigenvalue weighted by Gasteiger charge is -2.13. The Balaban J connectivity index is 1.52. The number of ether oxygens (including phenoxy) is 3. The highest BCUT2D eigenvalue weighted by molar-refractivity contribution is 6.12. The van der Waals surface area contributed by atoms with Crippen molar-refractivity contribution in [3.8, 4) is 11.5 Å². The van der Waals surface area contributed by atoms with Crippen molar-refractivity contribution in [1.29, 1.82) is 0 Å². The van der Waals surface area contributed by atoms with Crippen LogP contribution in [0.15, 0.2) is 77.4 Å². The standard InChI is InChI=1S/C26H22N2O6/c1-3-32-24-15-19(8-13-23(24)33-16-18-6-11-21(12-7-18)28(30)31)14-22-26(29)34-25(27-22)20-9-4-17(2)5-10-20/h4-15H,3,16H2,1-2H3/b22-14-. The fourth-order valence-electron chi connectivity index (χ4n) is 3.26. The summed E-state index contributed by atoms with van der Waals surface area (Å²) in [6.07, 6.45) is 1.63. The number of cyclic esters (lactones) is 1. The first-order valence-electron chi connectivity index (χ1n) is 10.7. The van der Waals surface area contributed by atoms with Crippen LogP contribution in [0.1, 0.15) is 29.2 Å². The van der Waals surface area contributed by atoms with E-state index >= 15 is 0 Å². The number of nitro groups is 1. The van der Waals surface area contributed by atoms with Gasteiger partial charge in [0.05, 0.1) is 11.5 Å². The summed E-state index contributed by atoms with van der Waals surface area (Å²) in [5, 5.41) is 10.8. The monoisotopic (exact) mass is 458 g/mol. The number of nitrogens with zero attached hydrogens (tertiary/aromatic N) is 2. The zero-order valence-corrected chi connectivity index (χ0v) is 18.7. The number of rotatable bonds is 8. The van der Waals surface area contributed by atoms with Gasteiger partial charge < -0.3 is 14.2 Å². The molecule has 1 aliphatic rings. The minimum Gasteiger partial charge on any atom is -0.490 e. The van der Waals surface area contributed by atoms with Crippen molar-refractivity contribution in [3.05, 3.63) is 105 Å². The topological polar surface area (TPSA) is 100 Å². The van der Waals surface area contributed by atoms with Crippen molar-refractivity contribution in [3.63, 3.8) is 0 Å². The zero-order valence-electron chi connectivity index (χ0n) is 18.7. The van der Waals surface area contributed by atoms with Crippen LogP contribution in [0, 0.1) is 17.0 Å². The molecule has 0 N–H and O–H groups in total. The van der Waals surface area contributed by atoms with E-state index in [0.29, 0.717) is 23.7 Å². The van der Waals surface area contributed by atoms with Crippen LogP contribution in [0.5, 0.6) is 11.5 Å². The summed E-state index contributed by atoms with van der Waals surface area (Å²) in [5.41, 5.74) is 3.53. The second-order valence-electron chi connectivity index (χ2n) is 7.55. The SMILES string of the molecule is CCOc1cc(/C=C2\N=C(c3ccc(C)cc3)OC2=O)ccc1OCc1ccc([N+](=O)[O-])cc1. The summed E-state index contributed by atoms with van der Waals surface area (Å²) in [5.74, 6) is 0.768. The van der Waals surface area contributed by atoms with Crippen LogP contribution in [0.4, 0.5) is 5.69 Å². The molecule has 0 atom stereocenters. The van der Waals surface area contributed by atoms with Gasteiger partial charge in [0.2, 0.25) is 5.90 Å². The van der Waals surface area contributed by atoms with Gasteiger partial charge in [0, 0.05) is 17.7 Å². The molecule has 3 aromatic carbocycles. The van der Waals surface area contributed by atoms with Crippen LogP contribution in [0.3, 0.4) is 0 Å². The van der Waals surface area contributed by atoms with E-state index in [4.69, 9.17) is 14.2 Å². The van der Waals surface area contributed by atoms with Crippen LogP contribution in [0.25, 0.3) is 6.08 Å². The fourth-order valence-corrected chi connectivity index (χ4v) is 3.26. The molecule has 0 aliphatic carbocycles. The molecule has 34 heavy (non-hydrogen) atoms. The van der Waals surface area contributed by atoms with Gasteiger partial charge in [0.1, 0.15) is 6.61 Å². The lowest BCUT2D eigenvalue weighted by Crippen LogP contribution is -2.05. The van der Waals surface area contributed by atoms with E-state index in [1.54, 1.807) is 36.4 Å². The Bertz CT molecular complexity index is 1280. The van der Waals surface area contributed by atoms with Crippen molar-refractivity contribution < 1.29 is 23.9 Å². The lowest BCUT2D eigenvalue weighted by atomic mass is 10.1. The zero-order chi connectivity index (χ0) is 24.1. The minimum atomic E-state index is -0.521. The highest BCUT2D eigenvalue weighted by atomic mass is 16.6. The third kappa shape index (κ3) is 5.29. The summed E-state index contributed by atoms with van der Waals surface area (Å²) < 4.78 is 16.9. The van der Waals surface area contributed by atoms with E-state index in [1.165, 1.54) is 12.1 Å². The minimum absolute atomic E-state index is 0.0229. The average Bonchev–Trinajstić information content (AvgIpc) is 3.19. The predicted octanol–water partition coefficient (Wildman–Crippen LogP) is 5.23. The molecule has 0 bridgehead atoms. The number of non-ortho nitro benzene ring substituents is 1. The smallest absolute Gasteiger partial charge is 0.363 e. The highest BCUT2D eigenvalue weighted by Crippen LogP contribution is 2.31. The van der Waals surface area contributed by atoms with Gasteiger partial charge in [-0.2, -0.15) is 0 Å². The largest absolute Gasteiger partial charge is 0.490 e. The maximum atomic E-state index is 12.3. The molecule has 0 saturated carbocycles. The van der Waals surface area contributed by atoms with Crippen molar-refractivity contribution in [2.45, 2.75) is 20.5 Å². The molecule has 8 heteroatoms. The van der Waals surface area contributed by atoms with E-state index < -0.39 is 10.9 Å². The molecular weight excluding hydrogens is 436 g/mol. The summed E-state index contributed by atoms with van der Waals surface area (Å²) in [7, 11) is 0. The Kier molecular flexibility index (Phi) is 6.68. The summed E-state index contributed by atoms with van der Waals surface area (Å²) >= 11 is 0. The average molecular weight is 458 g/mol. The van der Waals surface area contributed by atoms with Crippen LogP contribution >= 0.6 is 0 Å². The second kappa shape index (κ2) is 9.99. The number of esters is 1. The highest BCUT2D eigenvalue weighted by Gasteiger charge is 2.24. The number of hydrogen-bond acceptors (Lipinski definition) is 7. The maximum Gasteiger partial charge on any atom is 0.363 e. The molecule has 172 valence electrons. The Morgan fingerprint density at radius 1 is 1.00 bits per heavy atom. The maximum absolute atomic E-state index is 12.3. The molecule has 0 amide bonds. The molecule has 1 heterocycles. The van der Waals surface area contributed by atoms with Gasteiger partial charge in [-0.25, -0.2) is 9.79 Å². The summed E-state index contributed by atoms with van der Waals surface area (Å²) in [6.45, 7) is 4.48. The van der Waals surface area contributed by atoms with E-state index in [0.717, 1.165) is 16.7 Å². The number of aryl methyl sites for hydroxylation is 1. The van der Waals surface area contributed by atoms with Gasteiger partial charge in [-0.05, 0) is 67.4 Å². The molecule has 0 fully saturated rings. The van der Waals surface area contributed by atoms with Gasteiger partial charge in [-0.15, -0.1) is 0 Å². The molecule has 1 aliphatic heterocycles. The van der Waals surface area contributed by atoms with Crippen LogP contribution in [0.2, 0.25) is 0 Å². The molecule has 3 aromatic rings. The number of carbonyl (C=O) groups excluding carboxylic acids is 1. The molecule has 0 spiro atoms. The predicted molar refractivity (Wildman–Crippen MR) is 127 cm³/mol. The Morgan fingerprint density at radius 3 is 2.41 bits per heavy atom. The van der Waals surface area contributed by atoms with E-state index in [-0.39, 0.29) is 23.9 Å². The van der Waals surface area contributed by atoms with Crippen molar-refractivity contribution in [1.82, 2.24) is 0 Å². The first kappa shape index (κ1) is 22.7. The van der Waals surface area contributed by atoms with Gasteiger partial charge in [-0.3, -0.25) is 10.1 Å². The molecule has 0 aromatic heterocycles. The van der Waals surface area contributed by atoms with Gasteiger partial charge in [0.25, 0.3) is 5.69 Å². The second-order valence-corrected chi connectivity index (χ2v) is 7.55. The van der Waals surface area contributed by atoms with E-state index in [9.17, 15) is 14.9 Å². The molecule has 0 saturated heterocycles. The summed E-state index contributed by atoms with van der Waals surface area (Å²) in [6, 6.07) is 19.0. The van der Waals surface area contributed by atoms with Crippen molar-refractivity contribution in [2.75, 3.05) is 6.61 Å².